The van der Waals surface area contributed by atoms with E-state index >= 15 is 0 Å². The number of benzene rings is 2. The van der Waals surface area contributed by atoms with Crippen LogP contribution in [0.1, 0.15) is 44.2 Å². The van der Waals surface area contributed by atoms with Gasteiger partial charge >= 0.3 is 37.0 Å². The lowest BCUT2D eigenvalue weighted by atomic mass is 9.98. The van der Waals surface area contributed by atoms with Gasteiger partial charge < -0.3 is 9.15 Å². The zero-order valence-electron chi connectivity index (χ0n) is 25.0. The molecule has 0 aliphatic carbocycles. The lowest BCUT2D eigenvalue weighted by Gasteiger charge is -2.27. The van der Waals surface area contributed by atoms with E-state index in [1.54, 1.807) is 0 Å². The van der Waals surface area contributed by atoms with E-state index in [1.807, 2.05) is 6.92 Å². The molecule has 0 aliphatic rings. The number of aryl methyl sites for hydroxylation is 1. The summed E-state index contributed by atoms with van der Waals surface area (Å²) in [5.41, 5.74) is -1.22. The Morgan fingerprint density at radius 2 is 1.48 bits per heavy atom. The first kappa shape index (κ1) is 39.1. The van der Waals surface area contributed by atoms with E-state index in [0.717, 1.165) is 31.9 Å². The zero-order chi connectivity index (χ0) is 36.1. The minimum atomic E-state index is -5.92. The molecule has 0 amide bonds. The molecule has 0 atom stereocenters. The fourth-order valence-corrected chi connectivity index (χ4v) is 4.78. The molecule has 0 spiro atoms. The van der Waals surface area contributed by atoms with Crippen LogP contribution >= 0.6 is 11.8 Å². The molecular formula is C30H27F11O6S. The van der Waals surface area contributed by atoms with Crippen molar-refractivity contribution in [3.05, 3.63) is 65.7 Å². The van der Waals surface area contributed by atoms with Gasteiger partial charge in [-0.2, -0.15) is 30.7 Å². The molecule has 0 unspecified atom stereocenters. The number of esters is 1. The quantitative estimate of drug-likeness (QED) is 0.0343. The molecule has 0 saturated carbocycles. The van der Waals surface area contributed by atoms with Crippen molar-refractivity contribution in [2.45, 2.75) is 75.4 Å². The van der Waals surface area contributed by atoms with Crippen LogP contribution in [-0.4, -0.2) is 43.1 Å². The van der Waals surface area contributed by atoms with E-state index < -0.39 is 60.4 Å². The highest BCUT2D eigenvalue weighted by atomic mass is 32.2. The fourth-order valence-electron chi connectivity index (χ4n) is 4.04. The van der Waals surface area contributed by atoms with Gasteiger partial charge in [0.15, 0.2) is 6.61 Å². The van der Waals surface area contributed by atoms with Crippen LogP contribution in [0.25, 0.3) is 22.3 Å². The number of alkyl halides is 11. The summed E-state index contributed by atoms with van der Waals surface area (Å²) >= 11 is 0.148. The number of unbranched alkanes of at least 4 members (excludes halogenated alkanes) is 2. The summed E-state index contributed by atoms with van der Waals surface area (Å²) in [6, 6.07) is 8.71. The Bertz CT molecular complexity index is 1590. The molecule has 0 N–H and O–H groups in total. The van der Waals surface area contributed by atoms with E-state index in [2.05, 4.69) is 25.5 Å². The highest BCUT2D eigenvalue weighted by Gasteiger charge is 2.57. The Balaban J connectivity index is 1.68. The zero-order valence-corrected chi connectivity index (χ0v) is 25.8. The molecular weight excluding hydrogens is 697 g/mol. The second-order valence-corrected chi connectivity index (χ2v) is 11.3. The van der Waals surface area contributed by atoms with Gasteiger partial charge in [0.1, 0.15) is 11.3 Å². The predicted molar refractivity (Wildman–Crippen MR) is 149 cm³/mol. The van der Waals surface area contributed by atoms with Crippen LogP contribution in [0.2, 0.25) is 0 Å². The minimum Gasteiger partial charge on any atom is -0.456 e. The maximum Gasteiger partial charge on any atom is 0.496 e. The normalized spacial score (nSPS) is 13.3. The molecule has 3 rings (SSSR count). The largest absolute Gasteiger partial charge is 0.496 e. The number of hydrogen-bond acceptors (Lipinski definition) is 7. The van der Waals surface area contributed by atoms with Gasteiger partial charge in [-0.15, -0.1) is 29.3 Å². The SMILES string of the molecule is C=C(C)C(=O)OCC(F)(F)OC(F)(F)OC(F)(F)OC(F)(F)CSc1ccc2cc(-c3ccc(CCCCC)cc3C(F)(F)F)oc2c1. The first-order valence-electron chi connectivity index (χ1n) is 13.8. The van der Waals surface area contributed by atoms with Gasteiger partial charge in [-0.25, -0.2) is 19.0 Å². The van der Waals surface area contributed by atoms with Gasteiger partial charge in [-0.1, -0.05) is 38.5 Å². The number of halogens is 11. The average molecular weight is 725 g/mol. The molecule has 48 heavy (non-hydrogen) atoms. The molecule has 0 radical (unpaired) electrons. The summed E-state index contributed by atoms with van der Waals surface area (Å²) in [5, 5.41) is 0.269. The van der Waals surface area contributed by atoms with Crippen molar-refractivity contribution in [3.8, 4) is 11.3 Å². The van der Waals surface area contributed by atoms with Crippen molar-refractivity contribution >= 4 is 28.7 Å². The maximum atomic E-state index is 14.2. The van der Waals surface area contributed by atoms with Gasteiger partial charge in [0, 0.05) is 21.4 Å². The van der Waals surface area contributed by atoms with Crippen LogP contribution in [0, 0.1) is 0 Å². The van der Waals surface area contributed by atoms with E-state index in [1.165, 1.54) is 30.3 Å². The lowest BCUT2D eigenvalue weighted by molar-refractivity contribution is -0.572. The Morgan fingerprint density at radius 3 is 2.08 bits per heavy atom. The number of thioether (sulfide) groups is 1. The standard InChI is InChI=1S/C30H27F11O6S/c1-4-5-6-7-18-8-11-21(22(12-18)28(35,36)37)24-13-19-9-10-20(14-23(19)44-24)48-16-27(33,34)46-30(40,41)47-29(38,39)45-26(31,32)15-43-25(42)17(2)3/h8-14H,2,4-7,15-16H2,1,3H3. The van der Waals surface area contributed by atoms with Gasteiger partial charge in [0.25, 0.3) is 0 Å². The van der Waals surface area contributed by atoms with E-state index in [4.69, 9.17) is 4.42 Å². The third kappa shape index (κ3) is 11.7. The summed E-state index contributed by atoms with van der Waals surface area (Å²) in [4.78, 5) is 11.0. The lowest BCUT2D eigenvalue weighted by Crippen LogP contribution is -2.46. The number of furan rings is 1. The van der Waals surface area contributed by atoms with Crippen molar-refractivity contribution in [2.24, 2.45) is 0 Å². The number of ether oxygens (including phenoxy) is 4. The molecule has 0 fully saturated rings. The van der Waals surface area contributed by atoms with Crippen LogP contribution in [0.5, 0.6) is 0 Å². The van der Waals surface area contributed by atoms with Crippen LogP contribution in [-0.2, 0) is 36.3 Å². The van der Waals surface area contributed by atoms with Gasteiger partial charge in [-0.05, 0) is 55.7 Å². The minimum absolute atomic E-state index is 0.0558. The van der Waals surface area contributed by atoms with E-state index in [-0.39, 0.29) is 39.0 Å². The van der Waals surface area contributed by atoms with Crippen molar-refractivity contribution in [2.75, 3.05) is 12.4 Å². The molecule has 1 heterocycles. The molecule has 6 nitrogen and oxygen atoms in total. The number of fused-ring (bicyclic) bond motifs is 1. The van der Waals surface area contributed by atoms with Crippen LogP contribution in [0.15, 0.2) is 63.9 Å². The molecule has 1 aromatic heterocycles. The monoisotopic (exact) mass is 724 g/mol. The summed E-state index contributed by atoms with van der Waals surface area (Å²) in [6.07, 6.45) is -23.7. The summed E-state index contributed by atoms with van der Waals surface area (Å²) in [5.74, 6) is -3.31. The summed E-state index contributed by atoms with van der Waals surface area (Å²) < 4.78 is 170. The summed E-state index contributed by atoms with van der Waals surface area (Å²) in [7, 11) is 0. The Morgan fingerprint density at radius 1 is 0.833 bits per heavy atom. The highest BCUT2D eigenvalue weighted by molar-refractivity contribution is 7.99. The predicted octanol–water partition coefficient (Wildman–Crippen LogP) is 10.4. The van der Waals surface area contributed by atoms with E-state index in [9.17, 15) is 53.1 Å². The highest BCUT2D eigenvalue weighted by Crippen LogP contribution is 2.42. The molecule has 18 heteroatoms. The van der Waals surface area contributed by atoms with Gasteiger partial charge in [-0.3, -0.25) is 0 Å². The molecule has 0 saturated heterocycles. The maximum absolute atomic E-state index is 14.2. The van der Waals surface area contributed by atoms with Crippen molar-refractivity contribution in [1.82, 2.24) is 0 Å². The van der Waals surface area contributed by atoms with Crippen LogP contribution in [0.3, 0.4) is 0 Å². The van der Waals surface area contributed by atoms with Crippen LogP contribution < -0.4 is 0 Å². The van der Waals surface area contributed by atoms with Crippen LogP contribution in [0.4, 0.5) is 48.3 Å². The second-order valence-electron chi connectivity index (χ2n) is 10.3. The van der Waals surface area contributed by atoms with Crippen molar-refractivity contribution in [1.29, 1.82) is 0 Å². The number of carbonyl (C=O) groups excluding carboxylic acids is 1. The number of rotatable bonds is 17. The average Bonchev–Trinajstić information content (AvgIpc) is 3.36. The van der Waals surface area contributed by atoms with Gasteiger partial charge in [0.2, 0.25) is 0 Å². The summed E-state index contributed by atoms with van der Waals surface area (Å²) in [6.45, 7) is 3.82. The molecule has 3 aromatic rings. The first-order chi connectivity index (χ1) is 22.0. The fraction of sp³-hybridized carbons (Fsp3) is 0.433. The molecule has 2 aromatic carbocycles. The Kier molecular flexibility index (Phi) is 12.3. The molecule has 0 aliphatic heterocycles. The van der Waals surface area contributed by atoms with Gasteiger partial charge in [0.05, 0.1) is 11.3 Å². The van der Waals surface area contributed by atoms with E-state index in [0.29, 0.717) is 18.4 Å². The third-order valence-corrected chi connectivity index (χ3v) is 7.18. The van der Waals surface area contributed by atoms with Crippen molar-refractivity contribution < 1.29 is 76.5 Å². The Hall–Kier alpha value is -3.35. The van der Waals surface area contributed by atoms with Crippen molar-refractivity contribution in [3.63, 3.8) is 0 Å². The topological polar surface area (TPSA) is 67.1 Å². The number of hydrogen-bond donors (Lipinski definition) is 0. The molecule has 266 valence electrons. The number of carbonyl (C=O) groups is 1. The molecule has 0 bridgehead atoms. The first-order valence-corrected chi connectivity index (χ1v) is 14.8. The third-order valence-electron chi connectivity index (χ3n) is 6.12. The Labute approximate surface area is 270 Å². The second kappa shape index (κ2) is 15.0. The smallest absolute Gasteiger partial charge is 0.456 e.